The molecule has 1 N–H and O–H groups in total. The van der Waals surface area contributed by atoms with Crippen molar-refractivity contribution in [3.63, 3.8) is 0 Å². The van der Waals surface area contributed by atoms with E-state index in [1.165, 1.54) is 11.3 Å². The first-order chi connectivity index (χ1) is 9.72. The fraction of sp³-hybridized carbons (Fsp3) is 0.353. The highest BCUT2D eigenvalue weighted by Crippen LogP contribution is 2.26. The Morgan fingerprint density at radius 2 is 1.90 bits per heavy atom. The summed E-state index contributed by atoms with van der Waals surface area (Å²) < 4.78 is 0. The highest BCUT2D eigenvalue weighted by Gasteiger charge is 2.12. The Labute approximate surface area is 121 Å². The van der Waals surface area contributed by atoms with Crippen molar-refractivity contribution >= 4 is 5.69 Å². The molecule has 3 nitrogen and oxygen atoms in total. The van der Waals surface area contributed by atoms with Gasteiger partial charge in [0, 0.05) is 25.0 Å². The second kappa shape index (κ2) is 7.06. The van der Waals surface area contributed by atoms with E-state index >= 15 is 0 Å². The highest BCUT2D eigenvalue weighted by atomic mass is 15.1. The van der Waals surface area contributed by atoms with Gasteiger partial charge in [0.25, 0.3) is 0 Å². The van der Waals surface area contributed by atoms with E-state index in [0.29, 0.717) is 6.04 Å². The lowest BCUT2D eigenvalue weighted by molar-refractivity contribution is 0.596. The molecule has 106 valence electrons. The van der Waals surface area contributed by atoms with Gasteiger partial charge in [-0.05, 0) is 37.2 Å². The number of rotatable bonds is 6. The third-order valence-electron chi connectivity index (χ3n) is 3.45. The second-order valence-electron chi connectivity index (χ2n) is 5.02. The molecular weight excluding hydrogens is 246 g/mol. The zero-order chi connectivity index (χ0) is 14.4. The molecule has 1 heterocycles. The molecular formula is C17H23N3. The minimum atomic E-state index is 0.349. The summed E-state index contributed by atoms with van der Waals surface area (Å²) >= 11 is 0. The zero-order valence-corrected chi connectivity index (χ0v) is 12.5. The fourth-order valence-electron chi connectivity index (χ4n) is 2.44. The first kappa shape index (κ1) is 14.5. The van der Waals surface area contributed by atoms with Crippen molar-refractivity contribution < 1.29 is 0 Å². The molecule has 0 bridgehead atoms. The molecule has 1 aromatic heterocycles. The van der Waals surface area contributed by atoms with Gasteiger partial charge in [0.15, 0.2) is 0 Å². The van der Waals surface area contributed by atoms with E-state index < -0.39 is 0 Å². The molecule has 1 unspecified atom stereocenters. The molecule has 3 heteroatoms. The van der Waals surface area contributed by atoms with Gasteiger partial charge in [-0.3, -0.25) is 4.98 Å². The van der Waals surface area contributed by atoms with E-state index in [-0.39, 0.29) is 0 Å². The van der Waals surface area contributed by atoms with Crippen LogP contribution in [0, 0.1) is 0 Å². The van der Waals surface area contributed by atoms with Gasteiger partial charge < -0.3 is 10.2 Å². The normalized spacial score (nSPS) is 12.2. The van der Waals surface area contributed by atoms with Crippen LogP contribution < -0.4 is 10.2 Å². The van der Waals surface area contributed by atoms with Gasteiger partial charge in [0.2, 0.25) is 0 Å². The van der Waals surface area contributed by atoms with Gasteiger partial charge in [0.1, 0.15) is 0 Å². The third kappa shape index (κ3) is 3.58. The lowest BCUT2D eigenvalue weighted by atomic mass is 10.1. The Balaban J connectivity index is 2.19. The number of nitrogens with one attached hydrogen (secondary N) is 1. The predicted octanol–water partition coefficient (Wildman–Crippen LogP) is 3.39. The number of nitrogens with zero attached hydrogens (tertiary/aromatic N) is 2. The quantitative estimate of drug-likeness (QED) is 0.871. The molecule has 1 aromatic carbocycles. The van der Waals surface area contributed by atoms with Crippen LogP contribution in [0.1, 0.15) is 31.1 Å². The number of aromatic nitrogens is 1. The Morgan fingerprint density at radius 1 is 1.15 bits per heavy atom. The monoisotopic (exact) mass is 269 g/mol. The van der Waals surface area contributed by atoms with Crippen LogP contribution in [0.5, 0.6) is 0 Å². The summed E-state index contributed by atoms with van der Waals surface area (Å²) in [6, 6.07) is 14.9. The van der Waals surface area contributed by atoms with Crippen LogP contribution in [-0.4, -0.2) is 18.6 Å². The second-order valence-corrected chi connectivity index (χ2v) is 5.02. The van der Waals surface area contributed by atoms with Crippen LogP contribution in [0.4, 0.5) is 5.69 Å². The highest BCUT2D eigenvalue weighted by molar-refractivity contribution is 5.54. The van der Waals surface area contributed by atoms with Gasteiger partial charge in [0.05, 0.1) is 12.2 Å². The van der Waals surface area contributed by atoms with E-state index in [1.807, 2.05) is 18.3 Å². The fourth-order valence-corrected chi connectivity index (χ4v) is 2.44. The van der Waals surface area contributed by atoms with Crippen LogP contribution in [0.3, 0.4) is 0 Å². The van der Waals surface area contributed by atoms with Crippen LogP contribution >= 0.6 is 0 Å². The Hall–Kier alpha value is -1.87. The van der Waals surface area contributed by atoms with E-state index in [1.54, 1.807) is 0 Å². The van der Waals surface area contributed by atoms with E-state index in [9.17, 15) is 0 Å². The predicted molar refractivity (Wildman–Crippen MR) is 84.9 cm³/mol. The molecule has 2 rings (SSSR count). The molecule has 2 aromatic rings. The summed E-state index contributed by atoms with van der Waals surface area (Å²) in [5.74, 6) is 0. The van der Waals surface area contributed by atoms with Crippen molar-refractivity contribution in [2.24, 2.45) is 0 Å². The Bertz CT molecular complexity index is 525. The van der Waals surface area contributed by atoms with Crippen LogP contribution in [0.15, 0.2) is 48.7 Å². The molecule has 0 saturated heterocycles. The van der Waals surface area contributed by atoms with Gasteiger partial charge >= 0.3 is 0 Å². The van der Waals surface area contributed by atoms with Gasteiger partial charge in [-0.2, -0.15) is 0 Å². The topological polar surface area (TPSA) is 28.2 Å². The van der Waals surface area contributed by atoms with Crippen LogP contribution in [0.25, 0.3) is 0 Å². The number of anilines is 1. The third-order valence-corrected chi connectivity index (χ3v) is 3.45. The molecule has 20 heavy (non-hydrogen) atoms. The van der Waals surface area contributed by atoms with Crippen LogP contribution in [0.2, 0.25) is 0 Å². The number of pyridine rings is 1. The maximum absolute atomic E-state index is 4.40. The Morgan fingerprint density at radius 3 is 2.60 bits per heavy atom. The standard InChI is InChI=1S/C17H23N3/c1-4-18-14(2)16-10-5-6-11-17(16)20(3)13-15-9-7-8-12-19-15/h5-12,14,18H,4,13H2,1-3H3. The van der Waals surface area contributed by atoms with Crippen molar-refractivity contribution in [1.29, 1.82) is 0 Å². The summed E-state index contributed by atoms with van der Waals surface area (Å²) in [4.78, 5) is 6.65. The summed E-state index contributed by atoms with van der Waals surface area (Å²) in [6.45, 7) is 6.13. The number of hydrogen-bond acceptors (Lipinski definition) is 3. The van der Waals surface area contributed by atoms with Gasteiger partial charge in [-0.1, -0.05) is 31.2 Å². The largest absolute Gasteiger partial charge is 0.368 e. The van der Waals surface area contributed by atoms with E-state index in [0.717, 1.165) is 18.8 Å². The van der Waals surface area contributed by atoms with Gasteiger partial charge in [-0.25, -0.2) is 0 Å². The first-order valence-electron chi connectivity index (χ1n) is 7.15. The average molecular weight is 269 g/mol. The molecule has 0 spiro atoms. The molecule has 0 aliphatic rings. The average Bonchev–Trinajstić information content (AvgIpc) is 2.48. The molecule has 0 aliphatic carbocycles. The lowest BCUT2D eigenvalue weighted by Gasteiger charge is -2.25. The summed E-state index contributed by atoms with van der Waals surface area (Å²) in [7, 11) is 2.12. The minimum Gasteiger partial charge on any atom is -0.368 e. The van der Waals surface area contributed by atoms with E-state index in [2.05, 4.69) is 66.4 Å². The smallest absolute Gasteiger partial charge is 0.0598 e. The SMILES string of the molecule is CCNC(C)c1ccccc1N(C)Cc1ccccn1. The summed E-state index contributed by atoms with van der Waals surface area (Å²) in [5, 5.41) is 3.48. The Kier molecular flexibility index (Phi) is 5.13. The summed E-state index contributed by atoms with van der Waals surface area (Å²) in [5.41, 5.74) is 3.67. The molecule has 0 fully saturated rings. The molecule has 0 radical (unpaired) electrons. The number of hydrogen-bond donors (Lipinski definition) is 1. The molecule has 0 saturated carbocycles. The van der Waals surface area contributed by atoms with Crippen molar-refractivity contribution in [2.45, 2.75) is 26.4 Å². The minimum absolute atomic E-state index is 0.349. The molecule has 0 aliphatic heterocycles. The first-order valence-corrected chi connectivity index (χ1v) is 7.15. The van der Waals surface area contributed by atoms with Crippen molar-refractivity contribution in [3.8, 4) is 0 Å². The van der Waals surface area contributed by atoms with E-state index in [4.69, 9.17) is 0 Å². The maximum Gasteiger partial charge on any atom is 0.0598 e. The van der Waals surface area contributed by atoms with Crippen LogP contribution in [-0.2, 0) is 6.54 Å². The van der Waals surface area contributed by atoms with Crippen molar-refractivity contribution in [3.05, 3.63) is 59.9 Å². The van der Waals surface area contributed by atoms with Crippen molar-refractivity contribution in [2.75, 3.05) is 18.5 Å². The maximum atomic E-state index is 4.40. The van der Waals surface area contributed by atoms with Crippen molar-refractivity contribution in [1.82, 2.24) is 10.3 Å². The molecule has 1 atom stereocenters. The summed E-state index contributed by atoms with van der Waals surface area (Å²) in [6.07, 6.45) is 1.84. The number of para-hydroxylation sites is 1. The van der Waals surface area contributed by atoms with Gasteiger partial charge in [-0.15, -0.1) is 0 Å². The lowest BCUT2D eigenvalue weighted by Crippen LogP contribution is -2.23. The number of benzene rings is 1. The molecule has 0 amide bonds. The zero-order valence-electron chi connectivity index (χ0n) is 12.5.